The number of hydrogen-bond acceptors (Lipinski definition) is 5. The molecule has 0 saturated heterocycles. The molecule has 1 aliphatic rings. The van der Waals surface area contributed by atoms with Gasteiger partial charge >= 0.3 is 6.18 Å². The van der Waals surface area contributed by atoms with Crippen molar-refractivity contribution in [3.8, 4) is 0 Å². The summed E-state index contributed by atoms with van der Waals surface area (Å²) in [4.78, 5) is 13.5. The molecule has 3 aromatic rings. The van der Waals surface area contributed by atoms with Crippen molar-refractivity contribution < 1.29 is 13.2 Å². The van der Waals surface area contributed by atoms with Crippen LogP contribution in [0.4, 0.5) is 18.9 Å². The monoisotopic (exact) mass is 410 g/mol. The summed E-state index contributed by atoms with van der Waals surface area (Å²) >= 11 is 6.05. The van der Waals surface area contributed by atoms with E-state index in [0.717, 1.165) is 11.8 Å². The van der Waals surface area contributed by atoms with Crippen molar-refractivity contribution in [2.24, 2.45) is 0 Å². The van der Waals surface area contributed by atoms with Gasteiger partial charge in [-0.15, -0.1) is 5.10 Å². The standard InChI is InChI=1S/C17H14ClF3N6O/c18-15-14(7-22-24-16(15)28)26-6-5-13-12(9-26)23-25-27(13)8-10-3-1-2-4-11(10)17(19,20)21/h1-4,7H,5-6,8-9H2,(H,24,28). The van der Waals surface area contributed by atoms with Crippen LogP contribution in [0.3, 0.4) is 0 Å². The second kappa shape index (κ2) is 6.93. The third-order valence-corrected chi connectivity index (χ3v) is 5.00. The number of halogens is 4. The van der Waals surface area contributed by atoms with Crippen LogP contribution < -0.4 is 10.5 Å². The van der Waals surface area contributed by atoms with E-state index in [4.69, 9.17) is 11.6 Å². The largest absolute Gasteiger partial charge is 0.416 e. The molecule has 0 unspecified atom stereocenters. The van der Waals surface area contributed by atoms with Gasteiger partial charge < -0.3 is 4.90 Å². The molecule has 0 saturated carbocycles. The molecule has 1 aromatic carbocycles. The molecule has 0 fully saturated rings. The van der Waals surface area contributed by atoms with Crippen molar-refractivity contribution in [3.63, 3.8) is 0 Å². The molecule has 4 rings (SSSR count). The summed E-state index contributed by atoms with van der Waals surface area (Å²) in [5.41, 5.74) is 0.838. The molecule has 0 spiro atoms. The molecular formula is C17H14ClF3N6O. The van der Waals surface area contributed by atoms with Crippen LogP contribution in [0.2, 0.25) is 5.02 Å². The van der Waals surface area contributed by atoms with E-state index >= 15 is 0 Å². The number of hydrogen-bond donors (Lipinski definition) is 1. The topological polar surface area (TPSA) is 79.7 Å². The number of aromatic amines is 1. The predicted octanol–water partition coefficient (Wildman–Crippen LogP) is 2.64. The number of H-pyrrole nitrogens is 1. The van der Waals surface area contributed by atoms with E-state index < -0.39 is 17.3 Å². The third-order valence-electron chi connectivity index (χ3n) is 4.64. The van der Waals surface area contributed by atoms with Gasteiger partial charge in [-0.2, -0.15) is 18.3 Å². The second-order valence-electron chi connectivity index (χ2n) is 6.37. The van der Waals surface area contributed by atoms with Crippen molar-refractivity contribution >= 4 is 17.3 Å². The minimum Gasteiger partial charge on any atom is -0.362 e. The number of aromatic nitrogens is 5. The van der Waals surface area contributed by atoms with Crippen molar-refractivity contribution in [1.82, 2.24) is 25.2 Å². The van der Waals surface area contributed by atoms with Gasteiger partial charge in [0.05, 0.1) is 36.2 Å². The molecule has 7 nitrogen and oxygen atoms in total. The first-order valence-electron chi connectivity index (χ1n) is 8.39. The zero-order valence-electron chi connectivity index (χ0n) is 14.4. The summed E-state index contributed by atoms with van der Waals surface area (Å²) in [6, 6.07) is 5.42. The lowest BCUT2D eigenvalue weighted by molar-refractivity contribution is -0.138. The average molecular weight is 411 g/mol. The molecular weight excluding hydrogens is 397 g/mol. The van der Waals surface area contributed by atoms with E-state index in [1.165, 1.54) is 23.0 Å². The van der Waals surface area contributed by atoms with Crippen molar-refractivity contribution in [2.45, 2.75) is 25.7 Å². The van der Waals surface area contributed by atoms with Gasteiger partial charge in [-0.1, -0.05) is 35.0 Å². The normalized spacial score (nSPS) is 14.2. The Morgan fingerprint density at radius 3 is 2.82 bits per heavy atom. The van der Waals surface area contributed by atoms with E-state index in [2.05, 4.69) is 20.5 Å². The summed E-state index contributed by atoms with van der Waals surface area (Å²) < 4.78 is 41.2. The van der Waals surface area contributed by atoms with Gasteiger partial charge in [-0.3, -0.25) is 4.79 Å². The fourth-order valence-electron chi connectivity index (χ4n) is 3.29. The Hall–Kier alpha value is -2.88. The zero-order valence-corrected chi connectivity index (χ0v) is 15.1. The average Bonchev–Trinajstić information content (AvgIpc) is 3.06. The van der Waals surface area contributed by atoms with Crippen LogP contribution in [0, 0.1) is 0 Å². The molecule has 3 heterocycles. The van der Waals surface area contributed by atoms with Gasteiger partial charge in [0.15, 0.2) is 0 Å². The van der Waals surface area contributed by atoms with Crippen molar-refractivity contribution in [1.29, 1.82) is 0 Å². The maximum atomic E-state index is 13.2. The molecule has 1 aliphatic heterocycles. The van der Waals surface area contributed by atoms with Gasteiger partial charge in [0.25, 0.3) is 5.56 Å². The lowest BCUT2D eigenvalue weighted by Crippen LogP contribution is -2.32. The fraction of sp³-hybridized carbons (Fsp3) is 0.294. The van der Waals surface area contributed by atoms with Crippen LogP contribution in [-0.2, 0) is 25.7 Å². The number of nitrogens with one attached hydrogen (secondary N) is 1. The van der Waals surface area contributed by atoms with Crippen LogP contribution >= 0.6 is 11.6 Å². The first-order valence-corrected chi connectivity index (χ1v) is 8.77. The van der Waals surface area contributed by atoms with Crippen LogP contribution in [0.5, 0.6) is 0 Å². The summed E-state index contributed by atoms with van der Waals surface area (Å²) in [7, 11) is 0. The molecule has 11 heteroatoms. The highest BCUT2D eigenvalue weighted by Crippen LogP contribution is 2.33. The Kier molecular flexibility index (Phi) is 4.58. The number of rotatable bonds is 3. The lowest BCUT2D eigenvalue weighted by Gasteiger charge is -2.28. The molecule has 0 bridgehead atoms. The molecule has 0 aliphatic carbocycles. The number of nitrogens with zero attached hydrogens (tertiary/aromatic N) is 5. The number of fused-ring (bicyclic) bond motifs is 1. The summed E-state index contributed by atoms with van der Waals surface area (Å²) in [5.74, 6) is 0. The SMILES string of the molecule is O=c1[nH]ncc(N2CCc3c(nnn3Cc3ccccc3C(F)(F)F)C2)c1Cl. The number of benzene rings is 1. The Labute approximate surface area is 161 Å². The highest BCUT2D eigenvalue weighted by molar-refractivity contribution is 6.32. The third kappa shape index (κ3) is 3.35. The first kappa shape index (κ1) is 18.5. The Bertz CT molecular complexity index is 1080. The Morgan fingerprint density at radius 1 is 1.25 bits per heavy atom. The Balaban J connectivity index is 1.61. The maximum Gasteiger partial charge on any atom is 0.416 e. The summed E-state index contributed by atoms with van der Waals surface area (Å²) in [6.45, 7) is 0.818. The van der Waals surface area contributed by atoms with E-state index in [-0.39, 0.29) is 17.1 Å². The van der Waals surface area contributed by atoms with Crippen LogP contribution in [0.15, 0.2) is 35.3 Å². The van der Waals surface area contributed by atoms with Gasteiger partial charge in [0.2, 0.25) is 0 Å². The Morgan fingerprint density at radius 2 is 2.04 bits per heavy atom. The molecule has 28 heavy (non-hydrogen) atoms. The van der Waals surface area contributed by atoms with Crippen LogP contribution in [-0.4, -0.2) is 31.7 Å². The van der Waals surface area contributed by atoms with Gasteiger partial charge in [-0.05, 0) is 11.6 Å². The highest BCUT2D eigenvalue weighted by Gasteiger charge is 2.33. The van der Waals surface area contributed by atoms with E-state index in [0.29, 0.717) is 30.9 Å². The highest BCUT2D eigenvalue weighted by atomic mass is 35.5. The molecule has 0 radical (unpaired) electrons. The minimum absolute atomic E-state index is 0.0225. The van der Waals surface area contributed by atoms with E-state index in [9.17, 15) is 18.0 Å². The van der Waals surface area contributed by atoms with Gasteiger partial charge in [0, 0.05) is 13.0 Å². The van der Waals surface area contributed by atoms with Crippen LogP contribution in [0.25, 0.3) is 0 Å². The molecule has 0 amide bonds. The molecule has 146 valence electrons. The second-order valence-corrected chi connectivity index (χ2v) is 6.74. The van der Waals surface area contributed by atoms with E-state index in [1.54, 1.807) is 6.07 Å². The lowest BCUT2D eigenvalue weighted by atomic mass is 10.1. The quantitative estimate of drug-likeness (QED) is 0.718. The maximum absolute atomic E-state index is 13.2. The molecule has 1 N–H and O–H groups in total. The first-order chi connectivity index (χ1) is 13.3. The number of alkyl halides is 3. The smallest absolute Gasteiger partial charge is 0.362 e. The van der Waals surface area contributed by atoms with E-state index in [1.807, 2.05) is 4.90 Å². The number of anilines is 1. The summed E-state index contributed by atoms with van der Waals surface area (Å²) in [5, 5.41) is 14.2. The predicted molar refractivity (Wildman–Crippen MR) is 95.2 cm³/mol. The van der Waals surface area contributed by atoms with Crippen molar-refractivity contribution in [2.75, 3.05) is 11.4 Å². The molecule has 0 atom stereocenters. The fourth-order valence-corrected chi connectivity index (χ4v) is 3.50. The van der Waals surface area contributed by atoms with Gasteiger partial charge in [-0.25, -0.2) is 9.78 Å². The minimum atomic E-state index is -4.43. The summed E-state index contributed by atoms with van der Waals surface area (Å²) in [6.07, 6.45) is -2.48. The van der Waals surface area contributed by atoms with Gasteiger partial charge in [0.1, 0.15) is 10.7 Å². The van der Waals surface area contributed by atoms with Crippen LogP contribution in [0.1, 0.15) is 22.5 Å². The molecule has 2 aromatic heterocycles. The van der Waals surface area contributed by atoms with Crippen molar-refractivity contribution in [3.05, 3.63) is 68.4 Å². The zero-order chi connectivity index (χ0) is 19.9.